The van der Waals surface area contributed by atoms with Crippen molar-refractivity contribution in [2.75, 3.05) is 27.3 Å². The van der Waals surface area contributed by atoms with E-state index in [0.717, 1.165) is 29.7 Å². The van der Waals surface area contributed by atoms with E-state index in [1.807, 2.05) is 34.9 Å². The lowest BCUT2D eigenvalue weighted by Crippen LogP contribution is -2.29. The minimum absolute atomic E-state index is 0.0482. The van der Waals surface area contributed by atoms with Crippen molar-refractivity contribution < 1.29 is 19.1 Å². The molecule has 5 heterocycles. The van der Waals surface area contributed by atoms with Crippen molar-refractivity contribution in [2.24, 2.45) is 0 Å². The number of hydrogen-bond acceptors (Lipinski definition) is 9. The number of pyridine rings is 3. The maximum atomic E-state index is 13.9. The third-order valence-electron chi connectivity index (χ3n) is 7.52. The van der Waals surface area contributed by atoms with E-state index < -0.39 is 11.9 Å². The zero-order valence-electron chi connectivity index (χ0n) is 23.1. The highest BCUT2D eigenvalue weighted by Gasteiger charge is 2.29. The molecule has 11 nitrogen and oxygen atoms in total. The Labute approximate surface area is 241 Å². The summed E-state index contributed by atoms with van der Waals surface area (Å²) in [5.74, 6) is -0.797. The third kappa shape index (κ3) is 5.06. The topological polar surface area (TPSA) is 121 Å². The summed E-state index contributed by atoms with van der Waals surface area (Å²) in [6.45, 7) is 2.00. The number of rotatable bonds is 7. The Morgan fingerprint density at radius 2 is 1.67 bits per heavy atom. The van der Waals surface area contributed by atoms with Crippen molar-refractivity contribution in [1.29, 1.82) is 0 Å². The fourth-order valence-corrected chi connectivity index (χ4v) is 5.46. The zero-order valence-corrected chi connectivity index (χ0v) is 23.1. The van der Waals surface area contributed by atoms with Gasteiger partial charge in [0.05, 0.1) is 71.9 Å². The van der Waals surface area contributed by atoms with Crippen molar-refractivity contribution in [3.8, 4) is 16.9 Å². The van der Waals surface area contributed by atoms with E-state index in [-0.39, 0.29) is 11.7 Å². The standard InChI is InChI=1S/C31H28N6O5/c1-41-29(38)21-5-3-20(4-6-21)26-8-7-24(16-34-26)36-28-17-32-12-10-27(28)37(31(36)40)25-11-14-35(19-25)18-23-15-22(9-13-33-23)30(39)42-2/h3-10,12-13,15-17,25H,11,14,18-19H2,1-2H3/t25-/m0/s1. The molecule has 1 atom stereocenters. The Morgan fingerprint density at radius 1 is 0.881 bits per heavy atom. The second kappa shape index (κ2) is 11.4. The molecular formula is C31H28N6O5. The van der Waals surface area contributed by atoms with Crippen molar-refractivity contribution in [3.63, 3.8) is 0 Å². The number of likely N-dealkylation sites (tertiary alicyclic amines) is 1. The normalized spacial score (nSPS) is 15.1. The summed E-state index contributed by atoms with van der Waals surface area (Å²) < 4.78 is 13.1. The summed E-state index contributed by atoms with van der Waals surface area (Å²) in [6.07, 6.45) is 7.45. The Bertz CT molecular complexity index is 1830. The maximum Gasteiger partial charge on any atom is 0.337 e. The Hall–Kier alpha value is -5.16. The third-order valence-corrected chi connectivity index (χ3v) is 7.52. The largest absolute Gasteiger partial charge is 0.465 e. The number of nitrogens with zero attached hydrogens (tertiary/aromatic N) is 6. The second-order valence-electron chi connectivity index (χ2n) is 10.0. The first-order valence-corrected chi connectivity index (χ1v) is 13.4. The minimum atomic E-state index is -0.399. The summed E-state index contributed by atoms with van der Waals surface area (Å²) in [5, 5.41) is 0. The van der Waals surface area contributed by atoms with E-state index in [1.165, 1.54) is 14.2 Å². The smallest absolute Gasteiger partial charge is 0.337 e. The highest BCUT2D eigenvalue weighted by molar-refractivity contribution is 5.90. The predicted molar refractivity (Wildman–Crippen MR) is 154 cm³/mol. The van der Waals surface area contributed by atoms with Crippen molar-refractivity contribution in [1.82, 2.24) is 29.0 Å². The Morgan fingerprint density at radius 3 is 2.40 bits per heavy atom. The van der Waals surface area contributed by atoms with Gasteiger partial charge >= 0.3 is 17.6 Å². The number of hydrogen-bond donors (Lipinski definition) is 0. The van der Waals surface area contributed by atoms with Crippen LogP contribution < -0.4 is 5.69 Å². The molecule has 4 aromatic heterocycles. The molecule has 1 saturated heterocycles. The fraction of sp³-hybridized carbons (Fsp3) is 0.226. The molecule has 0 radical (unpaired) electrons. The van der Waals surface area contributed by atoms with Crippen LogP contribution in [0, 0.1) is 0 Å². The SMILES string of the molecule is COC(=O)c1ccc(-c2ccc(-n3c(=O)n([C@H]4CCN(Cc5cc(C(=O)OC)ccn5)C4)c4ccncc43)cn2)cc1. The minimum Gasteiger partial charge on any atom is -0.465 e. The van der Waals surface area contributed by atoms with Gasteiger partial charge in [-0.3, -0.25) is 29.0 Å². The van der Waals surface area contributed by atoms with Crippen LogP contribution in [-0.2, 0) is 16.0 Å². The molecular weight excluding hydrogens is 536 g/mol. The lowest BCUT2D eigenvalue weighted by atomic mass is 10.1. The molecule has 0 amide bonds. The molecule has 0 N–H and O–H groups in total. The number of methoxy groups -OCH3 is 2. The molecule has 6 rings (SSSR count). The summed E-state index contributed by atoms with van der Waals surface area (Å²) >= 11 is 0. The van der Waals surface area contributed by atoms with E-state index in [4.69, 9.17) is 9.47 Å². The van der Waals surface area contributed by atoms with Gasteiger partial charge in [0, 0.05) is 37.6 Å². The molecule has 11 heteroatoms. The van der Waals surface area contributed by atoms with Crippen LogP contribution in [0.1, 0.15) is 38.9 Å². The first kappa shape index (κ1) is 27.0. The molecule has 1 aliphatic heterocycles. The average molecular weight is 565 g/mol. The molecule has 212 valence electrons. The summed E-state index contributed by atoms with van der Waals surface area (Å²) in [5.41, 5.74) is 5.20. The van der Waals surface area contributed by atoms with Crippen LogP contribution >= 0.6 is 0 Å². The molecule has 0 bridgehead atoms. The fourth-order valence-electron chi connectivity index (χ4n) is 5.46. The first-order valence-electron chi connectivity index (χ1n) is 13.4. The van der Waals surface area contributed by atoms with Crippen LogP contribution in [0.3, 0.4) is 0 Å². The van der Waals surface area contributed by atoms with Gasteiger partial charge in [0.2, 0.25) is 0 Å². The molecule has 0 spiro atoms. The number of esters is 2. The van der Waals surface area contributed by atoms with Gasteiger partial charge in [-0.15, -0.1) is 0 Å². The van der Waals surface area contributed by atoms with Crippen molar-refractivity contribution in [2.45, 2.75) is 19.0 Å². The molecule has 0 aliphatic carbocycles. The van der Waals surface area contributed by atoms with Crippen molar-refractivity contribution in [3.05, 3.63) is 107 Å². The van der Waals surface area contributed by atoms with Gasteiger partial charge in [-0.05, 0) is 48.9 Å². The molecule has 42 heavy (non-hydrogen) atoms. The highest BCUT2D eigenvalue weighted by Crippen LogP contribution is 2.27. The van der Waals surface area contributed by atoms with Crippen molar-refractivity contribution >= 4 is 23.0 Å². The van der Waals surface area contributed by atoms with Gasteiger partial charge in [0.1, 0.15) is 0 Å². The van der Waals surface area contributed by atoms with E-state index >= 15 is 0 Å². The molecule has 1 fully saturated rings. The first-order chi connectivity index (χ1) is 20.5. The monoisotopic (exact) mass is 564 g/mol. The molecule has 5 aromatic rings. The van der Waals surface area contributed by atoms with E-state index in [2.05, 4.69) is 19.9 Å². The number of carbonyl (C=O) groups excluding carboxylic acids is 2. The molecule has 1 aromatic carbocycles. The van der Waals surface area contributed by atoms with E-state index in [0.29, 0.717) is 41.1 Å². The van der Waals surface area contributed by atoms with Gasteiger partial charge in [0.15, 0.2) is 0 Å². The van der Waals surface area contributed by atoms with Gasteiger partial charge in [-0.2, -0.15) is 0 Å². The van der Waals surface area contributed by atoms with E-state index in [9.17, 15) is 14.4 Å². The number of aromatic nitrogens is 5. The van der Waals surface area contributed by atoms with Gasteiger partial charge < -0.3 is 9.47 Å². The number of imidazole rings is 1. The van der Waals surface area contributed by atoms with E-state index in [1.54, 1.807) is 53.6 Å². The quantitative estimate of drug-likeness (QED) is 0.273. The number of benzene rings is 1. The Balaban J connectivity index is 1.26. The zero-order chi connectivity index (χ0) is 29.2. The molecule has 0 unspecified atom stereocenters. The number of ether oxygens (including phenoxy) is 2. The lowest BCUT2D eigenvalue weighted by molar-refractivity contribution is 0.0591. The summed E-state index contributed by atoms with van der Waals surface area (Å²) in [4.78, 5) is 53.1. The highest BCUT2D eigenvalue weighted by atomic mass is 16.5. The summed E-state index contributed by atoms with van der Waals surface area (Å²) in [6, 6.07) is 15.9. The maximum absolute atomic E-state index is 13.9. The molecule has 1 aliphatic rings. The van der Waals surface area contributed by atoms with Gasteiger partial charge in [0.25, 0.3) is 0 Å². The van der Waals surface area contributed by atoms with Crippen LogP contribution in [0.5, 0.6) is 0 Å². The average Bonchev–Trinajstić information content (AvgIpc) is 3.61. The van der Waals surface area contributed by atoms with Crippen LogP contribution in [0.2, 0.25) is 0 Å². The Kier molecular flexibility index (Phi) is 7.32. The second-order valence-corrected chi connectivity index (χ2v) is 10.0. The summed E-state index contributed by atoms with van der Waals surface area (Å²) in [7, 11) is 2.70. The van der Waals surface area contributed by atoms with Gasteiger partial charge in [-0.1, -0.05) is 12.1 Å². The van der Waals surface area contributed by atoms with Crippen LogP contribution in [0.15, 0.2) is 84.2 Å². The molecule has 0 saturated carbocycles. The van der Waals surface area contributed by atoms with Crippen LogP contribution in [-0.4, -0.2) is 68.2 Å². The van der Waals surface area contributed by atoms with Crippen LogP contribution in [0.4, 0.5) is 0 Å². The predicted octanol–water partition coefficient (Wildman–Crippen LogP) is 3.66. The van der Waals surface area contributed by atoms with Gasteiger partial charge in [-0.25, -0.2) is 14.4 Å². The number of fused-ring (bicyclic) bond motifs is 1. The number of carbonyl (C=O) groups is 2. The lowest BCUT2D eigenvalue weighted by Gasteiger charge is -2.16. The van der Waals surface area contributed by atoms with Crippen LogP contribution in [0.25, 0.3) is 28.0 Å².